The first-order valence-electron chi connectivity index (χ1n) is 6.61. The lowest BCUT2D eigenvalue weighted by atomic mass is 10.2. The number of thiazole rings is 1. The van der Waals surface area contributed by atoms with Gasteiger partial charge in [-0.1, -0.05) is 11.6 Å². The van der Waals surface area contributed by atoms with Crippen molar-refractivity contribution in [3.63, 3.8) is 0 Å². The van der Waals surface area contributed by atoms with Crippen LogP contribution in [0, 0.1) is 5.82 Å². The van der Waals surface area contributed by atoms with Crippen LogP contribution in [0.25, 0.3) is 0 Å². The van der Waals surface area contributed by atoms with Gasteiger partial charge in [0.05, 0.1) is 17.9 Å². The van der Waals surface area contributed by atoms with Gasteiger partial charge >= 0.3 is 0 Å². The van der Waals surface area contributed by atoms with Crippen molar-refractivity contribution in [2.45, 2.75) is 19.4 Å². The molecule has 106 valence electrons. The number of hydrogen-bond donors (Lipinski definition) is 1. The number of rotatable bonds is 4. The summed E-state index contributed by atoms with van der Waals surface area (Å²) >= 11 is 7.25. The molecule has 3 rings (SSSR count). The van der Waals surface area contributed by atoms with Crippen molar-refractivity contribution in [2.24, 2.45) is 0 Å². The van der Waals surface area contributed by atoms with Crippen LogP contribution < -0.4 is 10.2 Å². The summed E-state index contributed by atoms with van der Waals surface area (Å²) in [4.78, 5) is 7.33. The lowest BCUT2D eigenvalue weighted by Gasteiger charge is -2.22. The van der Waals surface area contributed by atoms with E-state index < -0.39 is 0 Å². The summed E-state index contributed by atoms with van der Waals surface area (Å²) in [5.74, 6) is -0.224. The molecule has 0 atom stereocenters. The Bertz CT molecular complexity index is 596. The van der Waals surface area contributed by atoms with E-state index in [9.17, 15) is 4.39 Å². The number of nitrogens with one attached hydrogen (secondary N) is 1. The summed E-state index contributed by atoms with van der Waals surface area (Å²) in [6.45, 7) is 2.67. The van der Waals surface area contributed by atoms with Gasteiger partial charge in [-0.15, -0.1) is 11.3 Å². The van der Waals surface area contributed by atoms with Gasteiger partial charge in [-0.25, -0.2) is 9.37 Å². The van der Waals surface area contributed by atoms with Crippen molar-refractivity contribution in [2.75, 3.05) is 23.3 Å². The molecule has 3 nitrogen and oxygen atoms in total. The van der Waals surface area contributed by atoms with Crippen LogP contribution >= 0.6 is 22.9 Å². The van der Waals surface area contributed by atoms with E-state index in [-0.39, 0.29) is 5.82 Å². The molecule has 0 bridgehead atoms. The van der Waals surface area contributed by atoms with E-state index in [1.165, 1.54) is 30.2 Å². The Morgan fingerprint density at radius 3 is 2.85 bits per heavy atom. The van der Waals surface area contributed by atoms with Gasteiger partial charge in [0, 0.05) is 24.2 Å². The fourth-order valence-corrected chi connectivity index (χ4v) is 3.35. The Labute approximate surface area is 126 Å². The summed E-state index contributed by atoms with van der Waals surface area (Å²) in [6.07, 6.45) is 4.14. The van der Waals surface area contributed by atoms with Gasteiger partial charge in [0.2, 0.25) is 0 Å². The molecule has 1 aliphatic heterocycles. The van der Waals surface area contributed by atoms with E-state index in [1.54, 1.807) is 12.3 Å². The molecule has 2 heterocycles. The minimum atomic E-state index is -0.224. The highest BCUT2D eigenvalue weighted by Crippen LogP contribution is 2.30. The third-order valence-electron chi connectivity index (χ3n) is 3.38. The summed E-state index contributed by atoms with van der Waals surface area (Å²) in [7, 11) is 0. The Kier molecular flexibility index (Phi) is 4.08. The summed E-state index contributed by atoms with van der Waals surface area (Å²) in [5.41, 5.74) is 1.90. The number of halogens is 2. The van der Waals surface area contributed by atoms with Gasteiger partial charge in [0.1, 0.15) is 5.82 Å². The lowest BCUT2D eigenvalue weighted by molar-refractivity contribution is 0.628. The molecule has 0 unspecified atom stereocenters. The standard InChI is InChI=1S/C14H15ClFN3S/c15-14-18-9-11(20-14)8-17-12-7-10(16)3-4-13(12)19-5-1-2-6-19/h3-4,7,9,17H,1-2,5-6,8H2. The molecular weight excluding hydrogens is 297 g/mol. The van der Waals surface area contributed by atoms with E-state index in [1.807, 2.05) is 6.07 Å². The first-order chi connectivity index (χ1) is 9.72. The van der Waals surface area contributed by atoms with E-state index in [4.69, 9.17) is 11.6 Å². The second kappa shape index (κ2) is 5.97. The molecule has 1 aromatic carbocycles. The van der Waals surface area contributed by atoms with E-state index in [2.05, 4.69) is 15.2 Å². The van der Waals surface area contributed by atoms with Gasteiger partial charge in [-0.05, 0) is 31.0 Å². The SMILES string of the molecule is Fc1ccc(N2CCCC2)c(NCc2cnc(Cl)s2)c1. The molecule has 1 fully saturated rings. The molecule has 0 amide bonds. The molecule has 1 saturated heterocycles. The highest BCUT2D eigenvalue weighted by molar-refractivity contribution is 7.15. The molecule has 1 N–H and O–H groups in total. The van der Waals surface area contributed by atoms with Crippen molar-refractivity contribution in [3.05, 3.63) is 39.6 Å². The number of hydrogen-bond acceptors (Lipinski definition) is 4. The Morgan fingerprint density at radius 2 is 2.15 bits per heavy atom. The van der Waals surface area contributed by atoms with Crippen LogP contribution in [0.1, 0.15) is 17.7 Å². The molecule has 0 radical (unpaired) electrons. The van der Waals surface area contributed by atoms with Crippen LogP contribution in [0.3, 0.4) is 0 Å². The average molecular weight is 312 g/mol. The summed E-state index contributed by atoms with van der Waals surface area (Å²) in [5, 5.41) is 3.29. The zero-order chi connectivity index (χ0) is 13.9. The van der Waals surface area contributed by atoms with Crippen LogP contribution in [-0.4, -0.2) is 18.1 Å². The maximum atomic E-state index is 13.5. The fourth-order valence-electron chi connectivity index (χ4n) is 2.43. The minimum Gasteiger partial charge on any atom is -0.378 e. The van der Waals surface area contributed by atoms with Crippen LogP contribution in [0.2, 0.25) is 4.47 Å². The van der Waals surface area contributed by atoms with Crippen LogP contribution in [0.15, 0.2) is 24.4 Å². The highest BCUT2D eigenvalue weighted by Gasteiger charge is 2.16. The van der Waals surface area contributed by atoms with E-state index >= 15 is 0 Å². The van der Waals surface area contributed by atoms with Gasteiger partial charge in [-0.3, -0.25) is 0 Å². The molecule has 2 aromatic rings. The maximum absolute atomic E-state index is 13.5. The minimum absolute atomic E-state index is 0.224. The van der Waals surface area contributed by atoms with E-state index in [0.717, 1.165) is 29.3 Å². The quantitative estimate of drug-likeness (QED) is 0.919. The van der Waals surface area contributed by atoms with Gasteiger partial charge in [0.25, 0.3) is 0 Å². The highest BCUT2D eigenvalue weighted by atomic mass is 35.5. The van der Waals surface area contributed by atoms with Gasteiger partial charge < -0.3 is 10.2 Å². The number of benzene rings is 1. The zero-order valence-electron chi connectivity index (χ0n) is 10.9. The summed E-state index contributed by atoms with van der Waals surface area (Å²) in [6, 6.07) is 4.92. The smallest absolute Gasteiger partial charge is 0.183 e. The number of anilines is 2. The topological polar surface area (TPSA) is 28.2 Å². The van der Waals surface area contributed by atoms with Crippen LogP contribution in [-0.2, 0) is 6.54 Å². The predicted octanol–water partition coefficient (Wildman–Crippen LogP) is 4.15. The molecule has 0 aliphatic carbocycles. The average Bonchev–Trinajstić information content (AvgIpc) is 3.08. The molecule has 0 spiro atoms. The molecule has 6 heteroatoms. The maximum Gasteiger partial charge on any atom is 0.183 e. The van der Waals surface area contributed by atoms with Crippen molar-refractivity contribution in [1.29, 1.82) is 0 Å². The lowest BCUT2D eigenvalue weighted by Crippen LogP contribution is -2.19. The van der Waals surface area contributed by atoms with Crippen LogP contribution in [0.5, 0.6) is 0 Å². The third kappa shape index (κ3) is 3.04. The van der Waals surface area contributed by atoms with Crippen molar-refractivity contribution in [1.82, 2.24) is 4.98 Å². The van der Waals surface area contributed by atoms with Crippen molar-refractivity contribution in [3.8, 4) is 0 Å². The predicted molar refractivity (Wildman–Crippen MR) is 82.3 cm³/mol. The Hall–Kier alpha value is -1.33. The number of nitrogens with zero attached hydrogens (tertiary/aromatic N) is 2. The largest absolute Gasteiger partial charge is 0.378 e. The Balaban J connectivity index is 1.78. The van der Waals surface area contributed by atoms with Crippen molar-refractivity contribution >= 4 is 34.3 Å². The number of aromatic nitrogens is 1. The molecule has 0 saturated carbocycles. The third-order valence-corrected chi connectivity index (χ3v) is 4.50. The van der Waals surface area contributed by atoms with Gasteiger partial charge in [0.15, 0.2) is 4.47 Å². The Morgan fingerprint density at radius 1 is 1.35 bits per heavy atom. The van der Waals surface area contributed by atoms with Gasteiger partial charge in [-0.2, -0.15) is 0 Å². The normalized spacial score (nSPS) is 14.8. The molecular formula is C14H15ClFN3S. The summed E-state index contributed by atoms with van der Waals surface area (Å²) < 4.78 is 14.0. The second-order valence-electron chi connectivity index (χ2n) is 4.79. The molecule has 1 aromatic heterocycles. The van der Waals surface area contributed by atoms with Crippen LogP contribution in [0.4, 0.5) is 15.8 Å². The monoisotopic (exact) mass is 311 g/mol. The first-order valence-corrected chi connectivity index (χ1v) is 7.80. The van der Waals surface area contributed by atoms with E-state index in [0.29, 0.717) is 11.0 Å². The zero-order valence-corrected chi connectivity index (χ0v) is 12.5. The molecule has 1 aliphatic rings. The molecule has 20 heavy (non-hydrogen) atoms. The first kappa shape index (κ1) is 13.6. The second-order valence-corrected chi connectivity index (χ2v) is 6.49. The van der Waals surface area contributed by atoms with Crippen molar-refractivity contribution < 1.29 is 4.39 Å². The fraction of sp³-hybridized carbons (Fsp3) is 0.357.